The van der Waals surface area contributed by atoms with E-state index < -0.39 is 10.0 Å². The standard InChI is InChI=1S/C13H22BrN3O2S/c1-3-8-17(4-2)9-7-16-20(18,19)13-10-11(14)5-6-12(13)15/h5-6,10,16H,3-4,7-9,15H2,1-2H3. The molecule has 0 saturated carbocycles. The van der Waals surface area contributed by atoms with Gasteiger partial charge in [-0.25, -0.2) is 13.1 Å². The van der Waals surface area contributed by atoms with Crippen LogP contribution in [0.5, 0.6) is 0 Å². The summed E-state index contributed by atoms with van der Waals surface area (Å²) in [6, 6.07) is 4.81. The van der Waals surface area contributed by atoms with E-state index >= 15 is 0 Å². The molecule has 114 valence electrons. The van der Waals surface area contributed by atoms with Gasteiger partial charge in [-0.1, -0.05) is 29.8 Å². The molecule has 7 heteroatoms. The molecule has 0 spiro atoms. The van der Waals surface area contributed by atoms with Gasteiger partial charge in [0.15, 0.2) is 0 Å². The average molecular weight is 364 g/mol. The largest absolute Gasteiger partial charge is 0.398 e. The lowest BCUT2D eigenvalue weighted by molar-refractivity contribution is 0.293. The Morgan fingerprint density at radius 3 is 2.60 bits per heavy atom. The van der Waals surface area contributed by atoms with Crippen LogP contribution < -0.4 is 10.5 Å². The van der Waals surface area contributed by atoms with E-state index in [0.29, 0.717) is 17.6 Å². The number of nitrogens with one attached hydrogen (secondary N) is 1. The number of nitrogens with two attached hydrogens (primary N) is 1. The fourth-order valence-electron chi connectivity index (χ4n) is 1.90. The molecule has 0 bridgehead atoms. The van der Waals surface area contributed by atoms with Crippen molar-refractivity contribution < 1.29 is 8.42 Å². The second kappa shape index (κ2) is 7.97. The van der Waals surface area contributed by atoms with Crippen LogP contribution in [0.4, 0.5) is 5.69 Å². The molecule has 0 aliphatic carbocycles. The van der Waals surface area contributed by atoms with Gasteiger partial charge in [-0.2, -0.15) is 0 Å². The molecule has 0 saturated heterocycles. The first kappa shape index (κ1) is 17.4. The van der Waals surface area contributed by atoms with Gasteiger partial charge in [0.05, 0.1) is 5.69 Å². The zero-order chi connectivity index (χ0) is 15.2. The van der Waals surface area contributed by atoms with Crippen molar-refractivity contribution in [1.82, 2.24) is 9.62 Å². The van der Waals surface area contributed by atoms with Gasteiger partial charge in [0.25, 0.3) is 0 Å². The number of likely N-dealkylation sites (N-methyl/N-ethyl adjacent to an activating group) is 1. The van der Waals surface area contributed by atoms with Crippen molar-refractivity contribution in [3.8, 4) is 0 Å². The highest BCUT2D eigenvalue weighted by atomic mass is 79.9. The lowest BCUT2D eigenvalue weighted by Crippen LogP contribution is -2.35. The van der Waals surface area contributed by atoms with Crippen LogP contribution in [0.25, 0.3) is 0 Å². The zero-order valence-electron chi connectivity index (χ0n) is 11.9. The van der Waals surface area contributed by atoms with Crippen molar-refractivity contribution in [3.05, 3.63) is 22.7 Å². The number of halogens is 1. The first-order valence-electron chi connectivity index (χ1n) is 6.67. The monoisotopic (exact) mass is 363 g/mol. The third kappa shape index (κ3) is 5.05. The maximum absolute atomic E-state index is 12.2. The number of nitrogens with zero attached hydrogens (tertiary/aromatic N) is 1. The fourth-order valence-corrected chi connectivity index (χ4v) is 3.59. The molecule has 20 heavy (non-hydrogen) atoms. The van der Waals surface area contributed by atoms with Crippen molar-refractivity contribution in [2.45, 2.75) is 25.2 Å². The quantitative estimate of drug-likeness (QED) is 0.693. The first-order valence-corrected chi connectivity index (χ1v) is 8.95. The van der Waals surface area contributed by atoms with Gasteiger partial charge in [-0.3, -0.25) is 0 Å². The number of benzene rings is 1. The van der Waals surface area contributed by atoms with Gasteiger partial charge >= 0.3 is 0 Å². The van der Waals surface area contributed by atoms with Gasteiger partial charge in [0, 0.05) is 17.6 Å². The van der Waals surface area contributed by atoms with E-state index in [4.69, 9.17) is 5.73 Å². The summed E-state index contributed by atoms with van der Waals surface area (Å²) < 4.78 is 27.7. The van der Waals surface area contributed by atoms with Crippen LogP contribution in [0.1, 0.15) is 20.3 Å². The summed E-state index contributed by atoms with van der Waals surface area (Å²) in [5.41, 5.74) is 5.98. The molecule has 0 fully saturated rings. The first-order chi connectivity index (χ1) is 9.40. The SMILES string of the molecule is CCCN(CC)CCNS(=O)(=O)c1cc(Br)ccc1N. The Balaban J connectivity index is 2.68. The molecule has 0 aliphatic rings. The van der Waals surface area contributed by atoms with Crippen molar-refractivity contribution in [1.29, 1.82) is 0 Å². The Morgan fingerprint density at radius 2 is 2.00 bits per heavy atom. The second-order valence-electron chi connectivity index (χ2n) is 4.51. The van der Waals surface area contributed by atoms with Crippen LogP contribution in [0.15, 0.2) is 27.6 Å². The van der Waals surface area contributed by atoms with Crippen LogP contribution in [-0.2, 0) is 10.0 Å². The molecule has 0 aliphatic heterocycles. The fraction of sp³-hybridized carbons (Fsp3) is 0.538. The normalized spacial score (nSPS) is 12.0. The van der Waals surface area contributed by atoms with Crippen LogP contribution >= 0.6 is 15.9 Å². The van der Waals surface area contributed by atoms with Gasteiger partial charge in [-0.15, -0.1) is 0 Å². The Kier molecular flexibility index (Phi) is 6.94. The molecule has 0 atom stereocenters. The average Bonchev–Trinajstić information content (AvgIpc) is 2.40. The third-order valence-electron chi connectivity index (χ3n) is 2.97. The minimum absolute atomic E-state index is 0.116. The summed E-state index contributed by atoms with van der Waals surface area (Å²) in [5, 5.41) is 0. The Labute approximate surface area is 129 Å². The topological polar surface area (TPSA) is 75.4 Å². The van der Waals surface area contributed by atoms with Crippen molar-refractivity contribution in [2.75, 3.05) is 31.9 Å². The molecule has 3 N–H and O–H groups in total. The van der Waals surface area contributed by atoms with E-state index in [1.54, 1.807) is 12.1 Å². The number of sulfonamides is 1. The van der Waals surface area contributed by atoms with E-state index in [0.717, 1.165) is 19.5 Å². The summed E-state index contributed by atoms with van der Waals surface area (Å²) in [4.78, 5) is 2.32. The van der Waals surface area contributed by atoms with Crippen molar-refractivity contribution >= 4 is 31.6 Å². The summed E-state index contributed by atoms with van der Waals surface area (Å²) >= 11 is 3.26. The van der Waals surface area contributed by atoms with Crippen molar-refractivity contribution in [3.63, 3.8) is 0 Å². The molecular weight excluding hydrogens is 342 g/mol. The number of hydrogen-bond acceptors (Lipinski definition) is 4. The molecule has 0 unspecified atom stereocenters. The van der Waals surface area contributed by atoms with Crippen LogP contribution in [0, 0.1) is 0 Å². The number of rotatable bonds is 8. The van der Waals surface area contributed by atoms with Crippen LogP contribution in [-0.4, -0.2) is 39.5 Å². The van der Waals surface area contributed by atoms with Crippen molar-refractivity contribution in [2.24, 2.45) is 0 Å². The third-order valence-corrected chi connectivity index (χ3v) is 4.98. The molecule has 1 rings (SSSR count). The smallest absolute Gasteiger partial charge is 0.242 e. The maximum atomic E-state index is 12.2. The van der Waals surface area contributed by atoms with E-state index in [2.05, 4.69) is 39.4 Å². The Morgan fingerprint density at radius 1 is 1.30 bits per heavy atom. The summed E-state index contributed by atoms with van der Waals surface area (Å²) in [6.07, 6.45) is 1.05. The molecule has 0 amide bonds. The second-order valence-corrected chi connectivity index (χ2v) is 7.17. The van der Waals surface area contributed by atoms with E-state index in [-0.39, 0.29) is 10.6 Å². The highest BCUT2D eigenvalue weighted by Gasteiger charge is 2.17. The van der Waals surface area contributed by atoms with Gasteiger partial charge in [0.2, 0.25) is 10.0 Å². The molecule has 0 heterocycles. The molecule has 5 nitrogen and oxygen atoms in total. The van der Waals surface area contributed by atoms with Crippen LogP contribution in [0.2, 0.25) is 0 Å². The zero-order valence-corrected chi connectivity index (χ0v) is 14.3. The summed E-state index contributed by atoms with van der Waals surface area (Å²) in [7, 11) is -3.56. The number of nitrogen functional groups attached to an aromatic ring is 1. The van der Waals surface area contributed by atoms with E-state index in [1.165, 1.54) is 6.07 Å². The predicted octanol–water partition coefficient (Wildman–Crippen LogP) is 2.04. The number of anilines is 1. The molecule has 0 aromatic heterocycles. The molecule has 1 aromatic rings. The highest BCUT2D eigenvalue weighted by Crippen LogP contribution is 2.22. The van der Waals surface area contributed by atoms with E-state index in [1.807, 2.05) is 0 Å². The van der Waals surface area contributed by atoms with Gasteiger partial charge in [-0.05, 0) is 37.7 Å². The summed E-state index contributed by atoms with van der Waals surface area (Å²) in [5.74, 6) is 0. The van der Waals surface area contributed by atoms with E-state index in [9.17, 15) is 8.42 Å². The predicted molar refractivity (Wildman–Crippen MR) is 86.1 cm³/mol. The van der Waals surface area contributed by atoms with Gasteiger partial charge < -0.3 is 10.6 Å². The lowest BCUT2D eigenvalue weighted by atomic mass is 10.3. The molecular formula is C13H22BrN3O2S. The van der Waals surface area contributed by atoms with Crippen LogP contribution in [0.3, 0.4) is 0 Å². The highest BCUT2D eigenvalue weighted by molar-refractivity contribution is 9.10. The Bertz CT molecular complexity index is 534. The minimum atomic E-state index is -3.56. The van der Waals surface area contributed by atoms with Gasteiger partial charge in [0.1, 0.15) is 4.90 Å². The molecule has 0 radical (unpaired) electrons. The lowest BCUT2D eigenvalue weighted by Gasteiger charge is -2.19. The maximum Gasteiger partial charge on any atom is 0.242 e. The Hall–Kier alpha value is -0.630. The molecule has 1 aromatic carbocycles. The number of hydrogen-bond donors (Lipinski definition) is 2. The minimum Gasteiger partial charge on any atom is -0.398 e. The summed E-state index contributed by atoms with van der Waals surface area (Å²) in [6.45, 7) is 7.12.